The molecule has 1 atom stereocenters. The maximum absolute atomic E-state index is 11.8. The van der Waals surface area contributed by atoms with Crippen LogP contribution in [0.1, 0.15) is 11.3 Å². The van der Waals surface area contributed by atoms with E-state index in [1.165, 1.54) is 0 Å². The minimum absolute atomic E-state index is 0. The summed E-state index contributed by atoms with van der Waals surface area (Å²) < 4.78 is 0. The van der Waals surface area contributed by atoms with Crippen LogP contribution in [0.15, 0.2) is 31.0 Å². The Labute approximate surface area is 147 Å². The molecule has 128 valence electrons. The van der Waals surface area contributed by atoms with E-state index >= 15 is 0 Å². The average Bonchev–Trinajstić information content (AvgIpc) is 2.98. The molecule has 0 bridgehead atoms. The fourth-order valence-electron chi connectivity index (χ4n) is 1.91. The van der Waals surface area contributed by atoms with Crippen LogP contribution in [-0.4, -0.2) is 40.0 Å². The van der Waals surface area contributed by atoms with Gasteiger partial charge in [0.25, 0.3) is 0 Å². The Morgan fingerprint density at radius 2 is 2.09 bits per heavy atom. The second-order valence-corrected chi connectivity index (χ2v) is 4.80. The SMILES string of the molecule is Cc1cnccc1NCCNC(=O)[C@@H](N)Cc1cnc[nH]1.Cl.Cl. The summed E-state index contributed by atoms with van der Waals surface area (Å²) in [6.07, 6.45) is 7.21. The number of anilines is 1. The number of halogens is 2. The van der Waals surface area contributed by atoms with E-state index in [1.807, 2.05) is 13.0 Å². The van der Waals surface area contributed by atoms with Crippen LogP contribution in [0.3, 0.4) is 0 Å². The van der Waals surface area contributed by atoms with Crippen molar-refractivity contribution in [1.82, 2.24) is 20.3 Å². The van der Waals surface area contributed by atoms with Crippen molar-refractivity contribution in [3.05, 3.63) is 42.2 Å². The van der Waals surface area contributed by atoms with Gasteiger partial charge in [-0.25, -0.2) is 4.98 Å². The summed E-state index contributed by atoms with van der Waals surface area (Å²) in [5, 5.41) is 6.05. The van der Waals surface area contributed by atoms with Crippen molar-refractivity contribution in [2.75, 3.05) is 18.4 Å². The molecular weight excluding hydrogens is 339 g/mol. The minimum atomic E-state index is -0.576. The van der Waals surface area contributed by atoms with Gasteiger partial charge in [0.15, 0.2) is 0 Å². The molecule has 0 unspecified atom stereocenters. The molecule has 0 saturated heterocycles. The smallest absolute Gasteiger partial charge is 0.237 e. The fourth-order valence-corrected chi connectivity index (χ4v) is 1.91. The normalized spacial score (nSPS) is 10.9. The van der Waals surface area contributed by atoms with Gasteiger partial charge in [0, 0.05) is 49.5 Å². The number of nitrogens with zero attached hydrogens (tertiary/aromatic N) is 2. The quantitative estimate of drug-likeness (QED) is 0.552. The van der Waals surface area contributed by atoms with Gasteiger partial charge in [0.05, 0.1) is 12.4 Å². The minimum Gasteiger partial charge on any atom is -0.383 e. The van der Waals surface area contributed by atoms with Crippen LogP contribution >= 0.6 is 24.8 Å². The lowest BCUT2D eigenvalue weighted by Crippen LogP contribution is -2.43. The first-order valence-electron chi connectivity index (χ1n) is 6.82. The molecule has 5 N–H and O–H groups in total. The maximum Gasteiger partial charge on any atom is 0.237 e. The number of aromatic nitrogens is 3. The van der Waals surface area contributed by atoms with Crippen molar-refractivity contribution >= 4 is 36.4 Å². The number of hydrogen-bond acceptors (Lipinski definition) is 5. The number of aromatic amines is 1. The number of rotatable bonds is 7. The first kappa shape index (κ1) is 21.2. The van der Waals surface area contributed by atoms with Crippen LogP contribution in [0.25, 0.3) is 0 Å². The van der Waals surface area contributed by atoms with E-state index < -0.39 is 6.04 Å². The number of pyridine rings is 1. The lowest BCUT2D eigenvalue weighted by atomic mass is 10.1. The Balaban J connectivity index is 0.00000242. The predicted octanol–water partition coefficient (Wildman–Crippen LogP) is 1.05. The molecule has 2 heterocycles. The number of nitrogens with two attached hydrogens (primary N) is 1. The molecule has 0 aliphatic rings. The molecule has 1 amide bonds. The third-order valence-corrected chi connectivity index (χ3v) is 3.09. The van der Waals surface area contributed by atoms with Crippen molar-refractivity contribution in [3.63, 3.8) is 0 Å². The van der Waals surface area contributed by atoms with Crippen molar-refractivity contribution in [2.45, 2.75) is 19.4 Å². The molecule has 23 heavy (non-hydrogen) atoms. The average molecular weight is 361 g/mol. The molecule has 0 aliphatic heterocycles. The third kappa shape index (κ3) is 6.85. The summed E-state index contributed by atoms with van der Waals surface area (Å²) in [6, 6.07) is 1.33. The highest BCUT2D eigenvalue weighted by Gasteiger charge is 2.13. The molecule has 2 aromatic heterocycles. The number of carbonyl (C=O) groups is 1. The van der Waals surface area contributed by atoms with Gasteiger partial charge in [0.1, 0.15) is 0 Å². The van der Waals surface area contributed by atoms with E-state index in [4.69, 9.17) is 5.73 Å². The largest absolute Gasteiger partial charge is 0.383 e. The summed E-state index contributed by atoms with van der Waals surface area (Å²) in [6.45, 7) is 3.12. The molecular formula is C14H22Cl2N6O. The Kier molecular flexibility index (Phi) is 9.96. The van der Waals surface area contributed by atoms with Crippen molar-refractivity contribution in [1.29, 1.82) is 0 Å². The highest BCUT2D eigenvalue weighted by atomic mass is 35.5. The molecule has 0 fully saturated rings. The summed E-state index contributed by atoms with van der Waals surface area (Å²) in [7, 11) is 0. The van der Waals surface area contributed by atoms with E-state index in [0.29, 0.717) is 19.5 Å². The van der Waals surface area contributed by atoms with E-state index in [1.54, 1.807) is 24.9 Å². The molecule has 0 radical (unpaired) electrons. The Morgan fingerprint density at radius 3 is 2.74 bits per heavy atom. The van der Waals surface area contributed by atoms with Crippen molar-refractivity contribution in [2.24, 2.45) is 5.73 Å². The number of nitrogens with one attached hydrogen (secondary N) is 3. The number of hydrogen-bond donors (Lipinski definition) is 4. The number of aryl methyl sites for hydroxylation is 1. The van der Waals surface area contributed by atoms with Crippen LogP contribution in [0.4, 0.5) is 5.69 Å². The number of carbonyl (C=O) groups excluding carboxylic acids is 1. The van der Waals surface area contributed by atoms with Gasteiger partial charge in [-0.05, 0) is 18.6 Å². The Hall–Kier alpha value is -1.83. The molecule has 7 nitrogen and oxygen atoms in total. The molecule has 2 aromatic rings. The number of amides is 1. The lowest BCUT2D eigenvalue weighted by molar-refractivity contribution is -0.122. The molecule has 0 spiro atoms. The third-order valence-electron chi connectivity index (χ3n) is 3.09. The summed E-state index contributed by atoms with van der Waals surface area (Å²) >= 11 is 0. The summed E-state index contributed by atoms with van der Waals surface area (Å²) in [5.41, 5.74) is 8.77. The summed E-state index contributed by atoms with van der Waals surface area (Å²) in [4.78, 5) is 22.7. The van der Waals surface area contributed by atoms with Crippen LogP contribution in [0, 0.1) is 6.92 Å². The van der Waals surface area contributed by atoms with Gasteiger partial charge in [-0.3, -0.25) is 9.78 Å². The van der Waals surface area contributed by atoms with Crippen LogP contribution in [-0.2, 0) is 11.2 Å². The highest BCUT2D eigenvalue weighted by Crippen LogP contribution is 2.10. The second kappa shape index (κ2) is 10.8. The van der Waals surface area contributed by atoms with Gasteiger partial charge < -0.3 is 21.4 Å². The highest BCUT2D eigenvalue weighted by molar-refractivity contribution is 5.85. The van der Waals surface area contributed by atoms with Gasteiger partial charge >= 0.3 is 0 Å². The van der Waals surface area contributed by atoms with Crippen molar-refractivity contribution in [3.8, 4) is 0 Å². The fraction of sp³-hybridized carbons (Fsp3) is 0.357. The van der Waals surface area contributed by atoms with E-state index in [9.17, 15) is 4.79 Å². The van der Waals surface area contributed by atoms with E-state index in [0.717, 1.165) is 16.9 Å². The van der Waals surface area contributed by atoms with Crippen molar-refractivity contribution < 1.29 is 4.79 Å². The Bertz CT molecular complexity index is 578. The molecule has 0 aromatic carbocycles. The van der Waals surface area contributed by atoms with Gasteiger partial charge in [-0.15, -0.1) is 24.8 Å². The van der Waals surface area contributed by atoms with Gasteiger partial charge in [-0.2, -0.15) is 0 Å². The number of imidazole rings is 1. The zero-order valence-electron chi connectivity index (χ0n) is 12.8. The first-order valence-corrected chi connectivity index (χ1v) is 6.82. The second-order valence-electron chi connectivity index (χ2n) is 4.80. The standard InChI is InChI=1S/C14H20N6O.2ClH/c1-10-7-16-3-2-13(10)18-4-5-19-14(21)12(15)6-11-8-17-9-20-11;;/h2-3,7-9,12H,4-6,15H2,1H3,(H,16,18)(H,17,20)(H,19,21);2*1H/t12-;;/m0../s1. The monoisotopic (exact) mass is 360 g/mol. The topological polar surface area (TPSA) is 109 Å². The molecule has 9 heteroatoms. The first-order chi connectivity index (χ1) is 10.2. The zero-order valence-corrected chi connectivity index (χ0v) is 14.4. The lowest BCUT2D eigenvalue weighted by Gasteiger charge is -2.13. The number of H-pyrrole nitrogens is 1. The van der Waals surface area contributed by atoms with Gasteiger partial charge in [-0.1, -0.05) is 0 Å². The maximum atomic E-state index is 11.8. The van der Waals surface area contributed by atoms with Gasteiger partial charge in [0.2, 0.25) is 5.91 Å². The van der Waals surface area contributed by atoms with Crippen LogP contribution in [0.2, 0.25) is 0 Å². The van der Waals surface area contributed by atoms with E-state index in [-0.39, 0.29) is 30.7 Å². The van der Waals surface area contributed by atoms with Crippen LogP contribution < -0.4 is 16.4 Å². The predicted molar refractivity (Wildman–Crippen MR) is 95.2 cm³/mol. The van der Waals surface area contributed by atoms with Crippen LogP contribution in [0.5, 0.6) is 0 Å². The summed E-state index contributed by atoms with van der Waals surface area (Å²) in [5.74, 6) is -0.169. The molecule has 2 rings (SSSR count). The molecule has 0 aliphatic carbocycles. The Morgan fingerprint density at radius 1 is 1.30 bits per heavy atom. The zero-order chi connectivity index (χ0) is 15.1. The molecule has 0 saturated carbocycles. The van der Waals surface area contributed by atoms with E-state index in [2.05, 4.69) is 25.6 Å².